The Morgan fingerprint density at radius 1 is 1.21 bits per heavy atom. The van der Waals surface area contributed by atoms with Gasteiger partial charge in [0.2, 0.25) is 10.0 Å². The Labute approximate surface area is 178 Å². The summed E-state index contributed by atoms with van der Waals surface area (Å²) in [6.07, 6.45) is 4.26. The summed E-state index contributed by atoms with van der Waals surface area (Å²) < 4.78 is 33.6. The van der Waals surface area contributed by atoms with Crippen LogP contribution in [0, 0.1) is 6.92 Å². The molecule has 0 amide bonds. The first-order valence-corrected chi connectivity index (χ1v) is 11.9. The smallest absolute Gasteiger partial charge is 0.244 e. The minimum absolute atomic E-state index is 0.294. The number of hydrogen-bond donors (Lipinski definition) is 1. The van der Waals surface area contributed by atoms with Crippen LogP contribution in [0.4, 0.5) is 11.5 Å². The molecular weight excluding hydrogens is 432 g/mol. The van der Waals surface area contributed by atoms with Crippen molar-refractivity contribution in [3.05, 3.63) is 34.4 Å². The largest absolute Gasteiger partial charge is 0.495 e. The van der Waals surface area contributed by atoms with Gasteiger partial charge in [0.15, 0.2) is 0 Å². The van der Waals surface area contributed by atoms with Gasteiger partial charge in [0.25, 0.3) is 0 Å². The lowest BCUT2D eigenvalue weighted by Gasteiger charge is -2.26. The average molecular weight is 453 g/mol. The van der Waals surface area contributed by atoms with Gasteiger partial charge in [-0.25, -0.2) is 18.4 Å². The zero-order valence-electron chi connectivity index (χ0n) is 16.1. The molecule has 154 valence electrons. The molecular formula is C19H21ClN4O3S2. The number of benzene rings is 1. The molecule has 29 heavy (non-hydrogen) atoms. The lowest BCUT2D eigenvalue weighted by molar-refractivity contribution is 0.347. The number of aromatic nitrogens is 2. The fraction of sp³-hybridized carbons (Fsp3) is 0.368. The van der Waals surface area contributed by atoms with Crippen molar-refractivity contribution >= 4 is 54.7 Å². The molecule has 3 aromatic rings. The molecule has 1 aromatic carbocycles. The summed E-state index contributed by atoms with van der Waals surface area (Å²) >= 11 is 7.59. The minimum Gasteiger partial charge on any atom is -0.495 e. The number of piperidine rings is 1. The second kappa shape index (κ2) is 8.06. The first-order chi connectivity index (χ1) is 13.9. The van der Waals surface area contributed by atoms with E-state index in [1.807, 2.05) is 6.92 Å². The third-order valence-electron chi connectivity index (χ3n) is 4.94. The van der Waals surface area contributed by atoms with Gasteiger partial charge in [-0.2, -0.15) is 4.31 Å². The van der Waals surface area contributed by atoms with Crippen LogP contribution < -0.4 is 10.1 Å². The summed E-state index contributed by atoms with van der Waals surface area (Å²) in [5.41, 5.74) is 0.681. The monoisotopic (exact) mass is 452 g/mol. The zero-order chi connectivity index (χ0) is 20.6. The quantitative estimate of drug-likeness (QED) is 0.609. The highest BCUT2D eigenvalue weighted by Crippen LogP contribution is 2.39. The summed E-state index contributed by atoms with van der Waals surface area (Å²) in [6.45, 7) is 2.91. The van der Waals surface area contributed by atoms with E-state index in [0.29, 0.717) is 55.4 Å². The van der Waals surface area contributed by atoms with Crippen LogP contribution >= 0.6 is 22.9 Å². The fourth-order valence-electron chi connectivity index (χ4n) is 3.54. The highest BCUT2D eigenvalue weighted by Gasteiger charge is 2.32. The number of fused-ring (bicyclic) bond motifs is 1. The third kappa shape index (κ3) is 3.79. The lowest BCUT2D eigenvalue weighted by Crippen LogP contribution is -2.35. The van der Waals surface area contributed by atoms with E-state index < -0.39 is 10.0 Å². The van der Waals surface area contributed by atoms with Gasteiger partial charge in [0.05, 0.1) is 17.5 Å². The highest BCUT2D eigenvalue weighted by atomic mass is 35.5. The molecule has 0 aliphatic carbocycles. The Bertz CT molecular complexity index is 1160. The number of rotatable bonds is 5. The summed E-state index contributed by atoms with van der Waals surface area (Å²) in [5, 5.41) is 4.17. The van der Waals surface area contributed by atoms with Crippen molar-refractivity contribution in [2.75, 3.05) is 25.5 Å². The van der Waals surface area contributed by atoms with E-state index in [0.717, 1.165) is 19.3 Å². The molecule has 1 aliphatic heterocycles. The van der Waals surface area contributed by atoms with Crippen molar-refractivity contribution in [1.29, 1.82) is 0 Å². The van der Waals surface area contributed by atoms with Crippen LogP contribution in [0.1, 0.15) is 24.1 Å². The van der Waals surface area contributed by atoms with E-state index >= 15 is 0 Å². The minimum atomic E-state index is -3.63. The SMILES string of the molecule is COc1ccc(Nc2ncnc3sc(C)c(S(=O)(=O)N4CCCCC4)c23)cc1Cl. The van der Waals surface area contributed by atoms with E-state index in [9.17, 15) is 8.42 Å². The molecule has 4 rings (SSSR count). The van der Waals surface area contributed by atoms with Crippen LogP contribution in [-0.2, 0) is 10.0 Å². The lowest BCUT2D eigenvalue weighted by atomic mass is 10.2. The maximum absolute atomic E-state index is 13.4. The van der Waals surface area contributed by atoms with Gasteiger partial charge in [-0.15, -0.1) is 11.3 Å². The van der Waals surface area contributed by atoms with Crippen LogP contribution in [0.25, 0.3) is 10.2 Å². The van der Waals surface area contributed by atoms with E-state index in [4.69, 9.17) is 16.3 Å². The van der Waals surface area contributed by atoms with Crippen LogP contribution in [0.2, 0.25) is 5.02 Å². The van der Waals surface area contributed by atoms with Gasteiger partial charge in [-0.1, -0.05) is 18.0 Å². The van der Waals surface area contributed by atoms with Gasteiger partial charge >= 0.3 is 0 Å². The second-order valence-electron chi connectivity index (χ2n) is 6.83. The summed E-state index contributed by atoms with van der Waals surface area (Å²) in [4.78, 5) is 10.3. The van der Waals surface area contributed by atoms with Gasteiger partial charge in [-0.05, 0) is 38.0 Å². The Kier molecular flexibility index (Phi) is 5.65. The van der Waals surface area contributed by atoms with Gasteiger partial charge < -0.3 is 10.1 Å². The number of thiophene rings is 1. The number of methoxy groups -OCH3 is 1. The number of nitrogens with zero attached hydrogens (tertiary/aromatic N) is 3. The number of halogens is 1. The number of anilines is 2. The first-order valence-electron chi connectivity index (χ1n) is 9.26. The maximum Gasteiger partial charge on any atom is 0.244 e. The predicted octanol–water partition coefficient (Wildman–Crippen LogP) is 4.58. The van der Waals surface area contributed by atoms with Crippen molar-refractivity contribution in [3.63, 3.8) is 0 Å². The predicted molar refractivity (Wildman–Crippen MR) is 116 cm³/mol. The molecule has 1 saturated heterocycles. The normalized spacial score (nSPS) is 15.6. The summed E-state index contributed by atoms with van der Waals surface area (Å²) in [7, 11) is -2.08. The molecule has 2 aromatic heterocycles. The standard InChI is InChI=1S/C19H21ClN4O3S2/c1-12-17(29(25,26)24-8-4-3-5-9-24)16-18(21-11-22-19(16)28-12)23-13-6-7-15(27-2)14(20)10-13/h6-7,10-11H,3-5,8-9H2,1-2H3,(H,21,22,23). The zero-order valence-corrected chi connectivity index (χ0v) is 18.5. The van der Waals surface area contributed by atoms with Gasteiger partial charge in [-0.3, -0.25) is 0 Å². The topological polar surface area (TPSA) is 84.4 Å². The molecule has 0 unspecified atom stereocenters. The average Bonchev–Trinajstić information content (AvgIpc) is 3.06. The molecule has 0 saturated carbocycles. The van der Waals surface area contributed by atoms with Gasteiger partial charge in [0.1, 0.15) is 27.6 Å². The molecule has 0 spiro atoms. The molecule has 3 heterocycles. The number of ether oxygens (including phenoxy) is 1. The fourth-order valence-corrected chi connectivity index (χ4v) is 7.00. The molecule has 1 fully saturated rings. The van der Waals surface area contributed by atoms with E-state index in [1.165, 1.54) is 17.7 Å². The van der Waals surface area contributed by atoms with Crippen molar-refractivity contribution in [1.82, 2.24) is 14.3 Å². The molecule has 10 heteroatoms. The van der Waals surface area contributed by atoms with E-state index in [-0.39, 0.29) is 0 Å². The molecule has 1 aliphatic rings. The summed E-state index contributed by atoms with van der Waals surface area (Å²) in [6, 6.07) is 5.26. The molecule has 7 nitrogen and oxygen atoms in total. The van der Waals surface area contributed by atoms with Gasteiger partial charge in [0, 0.05) is 23.7 Å². The number of hydrogen-bond acceptors (Lipinski definition) is 7. The number of nitrogens with one attached hydrogen (secondary N) is 1. The Hall–Kier alpha value is -1.94. The van der Waals surface area contributed by atoms with Crippen LogP contribution in [-0.4, -0.2) is 42.9 Å². The molecule has 0 bridgehead atoms. The molecule has 1 N–H and O–H groups in total. The van der Waals surface area contributed by atoms with Crippen molar-refractivity contribution in [2.45, 2.75) is 31.1 Å². The van der Waals surface area contributed by atoms with Crippen molar-refractivity contribution < 1.29 is 13.2 Å². The highest BCUT2D eigenvalue weighted by molar-refractivity contribution is 7.89. The Morgan fingerprint density at radius 2 is 1.97 bits per heavy atom. The second-order valence-corrected chi connectivity index (χ2v) is 10.3. The van der Waals surface area contributed by atoms with E-state index in [1.54, 1.807) is 29.6 Å². The summed E-state index contributed by atoms with van der Waals surface area (Å²) in [5.74, 6) is 1.00. The maximum atomic E-state index is 13.4. The Balaban J connectivity index is 1.81. The van der Waals surface area contributed by atoms with Crippen molar-refractivity contribution in [3.8, 4) is 5.75 Å². The van der Waals surface area contributed by atoms with Crippen LogP contribution in [0.3, 0.4) is 0 Å². The van der Waals surface area contributed by atoms with Crippen LogP contribution in [0.15, 0.2) is 29.4 Å². The first kappa shape index (κ1) is 20.3. The molecule has 0 radical (unpaired) electrons. The third-order valence-corrected chi connectivity index (χ3v) is 8.45. The van der Waals surface area contributed by atoms with Crippen LogP contribution in [0.5, 0.6) is 5.75 Å². The molecule has 0 atom stereocenters. The number of aryl methyl sites for hydroxylation is 1. The Morgan fingerprint density at radius 3 is 2.66 bits per heavy atom. The number of sulfonamides is 1. The van der Waals surface area contributed by atoms with E-state index in [2.05, 4.69) is 15.3 Å². The van der Waals surface area contributed by atoms with Crippen molar-refractivity contribution in [2.24, 2.45) is 0 Å².